The van der Waals surface area contributed by atoms with Crippen LogP contribution in [-0.4, -0.2) is 52.1 Å². The molecule has 2 aromatic carbocycles. The van der Waals surface area contributed by atoms with E-state index < -0.39 is 10.0 Å². The maximum atomic E-state index is 13.2. The van der Waals surface area contributed by atoms with Crippen molar-refractivity contribution in [3.8, 4) is 0 Å². The first kappa shape index (κ1) is 20.0. The zero-order chi connectivity index (χ0) is 20.3. The van der Waals surface area contributed by atoms with Gasteiger partial charge in [-0.05, 0) is 35.7 Å². The number of carbonyl (C=O) groups excluding carboxylic acids is 1. The molecule has 1 atom stereocenters. The molecule has 1 fully saturated rings. The van der Waals surface area contributed by atoms with Crippen LogP contribution in [0.2, 0.25) is 0 Å². The Bertz CT molecular complexity index is 973. The second-order valence-corrected chi connectivity index (χ2v) is 9.08. The summed E-state index contributed by atoms with van der Waals surface area (Å²) in [4.78, 5) is 14.0. The third-order valence-electron chi connectivity index (χ3n) is 5.33. The van der Waals surface area contributed by atoms with Gasteiger partial charge in [-0.15, -0.1) is 0 Å². The Morgan fingerprint density at radius 1 is 1.07 bits per heavy atom. The Labute approximate surface area is 171 Å². The van der Waals surface area contributed by atoms with Crippen LogP contribution in [0.25, 0.3) is 0 Å². The average Bonchev–Trinajstić information content (AvgIpc) is 2.74. The number of nitrogens with zero attached hydrogens (tertiary/aromatic N) is 1. The molecule has 2 aromatic rings. The van der Waals surface area contributed by atoms with Crippen molar-refractivity contribution in [2.45, 2.75) is 23.8 Å². The molecule has 2 heterocycles. The molecule has 0 spiro atoms. The minimum Gasteiger partial charge on any atom is -0.379 e. The number of hydrogen-bond donors (Lipinski definition) is 2. The normalized spacial score (nSPS) is 18.7. The topological polar surface area (TPSA) is 87.7 Å². The minimum absolute atomic E-state index is 0.0408. The Balaban J connectivity index is 1.58. The summed E-state index contributed by atoms with van der Waals surface area (Å²) in [5, 5.41) is 2.79. The highest BCUT2D eigenvalue weighted by molar-refractivity contribution is 7.89. The number of carbonyl (C=O) groups is 1. The Morgan fingerprint density at radius 3 is 2.59 bits per heavy atom. The number of benzene rings is 2. The second kappa shape index (κ2) is 8.62. The molecular formula is C21H25N3O4S. The van der Waals surface area contributed by atoms with E-state index in [4.69, 9.17) is 4.74 Å². The standard InChI is InChI=1S/C21H25N3O4S/c25-21-9-6-17-14-18(7-8-19(17)22-21)29(26,27)23-20(16-4-2-1-3-5-16)15-24-10-12-28-13-11-24/h1-5,7-8,14,20,23H,6,9-13,15H2,(H,22,25)/t20-/m1/s1. The van der Waals surface area contributed by atoms with Gasteiger partial charge in [-0.1, -0.05) is 30.3 Å². The molecule has 4 rings (SSSR count). The molecule has 0 bridgehead atoms. The van der Waals surface area contributed by atoms with Crippen molar-refractivity contribution in [1.29, 1.82) is 0 Å². The predicted molar refractivity (Wildman–Crippen MR) is 110 cm³/mol. The average molecular weight is 416 g/mol. The van der Waals surface area contributed by atoms with E-state index in [1.165, 1.54) is 0 Å². The number of aryl methyl sites for hydroxylation is 1. The predicted octanol–water partition coefficient (Wildman–Crippen LogP) is 1.92. The Morgan fingerprint density at radius 2 is 1.83 bits per heavy atom. The summed E-state index contributed by atoms with van der Waals surface area (Å²) < 4.78 is 34.6. The smallest absolute Gasteiger partial charge is 0.241 e. The zero-order valence-electron chi connectivity index (χ0n) is 16.1. The lowest BCUT2D eigenvalue weighted by molar-refractivity contribution is -0.116. The van der Waals surface area contributed by atoms with Crippen molar-refractivity contribution >= 4 is 21.6 Å². The summed E-state index contributed by atoms with van der Waals surface area (Å²) >= 11 is 0. The van der Waals surface area contributed by atoms with Crippen molar-refractivity contribution in [3.63, 3.8) is 0 Å². The van der Waals surface area contributed by atoms with Gasteiger partial charge in [0.2, 0.25) is 15.9 Å². The number of morpholine rings is 1. The minimum atomic E-state index is -3.73. The van der Waals surface area contributed by atoms with Crippen LogP contribution in [0.1, 0.15) is 23.6 Å². The summed E-state index contributed by atoms with van der Waals surface area (Å²) in [5.74, 6) is -0.0408. The molecule has 8 heteroatoms. The maximum absolute atomic E-state index is 13.2. The Hall–Kier alpha value is -2.26. The molecular weight excluding hydrogens is 390 g/mol. The number of nitrogens with one attached hydrogen (secondary N) is 2. The molecule has 1 saturated heterocycles. The fourth-order valence-electron chi connectivity index (χ4n) is 3.72. The molecule has 7 nitrogen and oxygen atoms in total. The van der Waals surface area contributed by atoms with E-state index in [0.717, 1.165) is 24.2 Å². The van der Waals surface area contributed by atoms with Gasteiger partial charge in [0, 0.05) is 31.7 Å². The molecule has 0 aromatic heterocycles. The first-order valence-electron chi connectivity index (χ1n) is 9.81. The van der Waals surface area contributed by atoms with E-state index in [1.807, 2.05) is 30.3 Å². The zero-order valence-corrected chi connectivity index (χ0v) is 17.0. The molecule has 0 saturated carbocycles. The van der Waals surface area contributed by atoms with Crippen LogP contribution >= 0.6 is 0 Å². The third-order valence-corrected chi connectivity index (χ3v) is 6.80. The molecule has 2 aliphatic heterocycles. The number of rotatable bonds is 6. The third kappa shape index (κ3) is 4.84. The van der Waals surface area contributed by atoms with E-state index in [2.05, 4.69) is 14.9 Å². The molecule has 29 heavy (non-hydrogen) atoms. The largest absolute Gasteiger partial charge is 0.379 e. The lowest BCUT2D eigenvalue weighted by atomic mass is 10.0. The lowest BCUT2D eigenvalue weighted by Gasteiger charge is -2.31. The number of hydrogen-bond acceptors (Lipinski definition) is 5. The first-order chi connectivity index (χ1) is 14.0. The van der Waals surface area contributed by atoms with Gasteiger partial charge in [-0.2, -0.15) is 0 Å². The highest BCUT2D eigenvalue weighted by Gasteiger charge is 2.26. The van der Waals surface area contributed by atoms with Gasteiger partial charge in [0.1, 0.15) is 0 Å². The van der Waals surface area contributed by atoms with Crippen LogP contribution in [0, 0.1) is 0 Å². The molecule has 154 valence electrons. The fourth-order valence-corrected chi connectivity index (χ4v) is 4.99. The summed E-state index contributed by atoms with van der Waals surface area (Å²) in [6.45, 7) is 3.45. The number of sulfonamides is 1. The van der Waals surface area contributed by atoms with Gasteiger partial charge in [-0.25, -0.2) is 13.1 Å². The highest BCUT2D eigenvalue weighted by Crippen LogP contribution is 2.26. The fraction of sp³-hybridized carbons (Fsp3) is 0.381. The monoisotopic (exact) mass is 415 g/mol. The van der Waals surface area contributed by atoms with E-state index in [0.29, 0.717) is 38.3 Å². The Kier molecular flexibility index (Phi) is 5.96. The number of amides is 1. The van der Waals surface area contributed by atoms with Gasteiger partial charge in [-0.3, -0.25) is 9.69 Å². The van der Waals surface area contributed by atoms with Crippen LogP contribution in [0.4, 0.5) is 5.69 Å². The number of ether oxygens (including phenoxy) is 1. The quantitative estimate of drug-likeness (QED) is 0.753. The van der Waals surface area contributed by atoms with Crippen LogP contribution < -0.4 is 10.0 Å². The lowest BCUT2D eigenvalue weighted by Crippen LogP contribution is -2.43. The molecule has 2 aliphatic rings. The van der Waals surface area contributed by atoms with E-state index >= 15 is 0 Å². The van der Waals surface area contributed by atoms with Crippen LogP contribution in [0.15, 0.2) is 53.4 Å². The van der Waals surface area contributed by atoms with Gasteiger partial charge in [0.05, 0.1) is 24.2 Å². The molecule has 1 amide bonds. The van der Waals surface area contributed by atoms with Crippen molar-refractivity contribution in [1.82, 2.24) is 9.62 Å². The number of anilines is 1. The van der Waals surface area contributed by atoms with Crippen LogP contribution in [0.3, 0.4) is 0 Å². The summed E-state index contributed by atoms with van der Waals surface area (Å²) in [6, 6.07) is 14.1. The van der Waals surface area contributed by atoms with Crippen LogP contribution in [-0.2, 0) is 26.0 Å². The van der Waals surface area contributed by atoms with E-state index in [-0.39, 0.29) is 16.8 Å². The first-order valence-corrected chi connectivity index (χ1v) is 11.3. The van der Waals surface area contributed by atoms with Crippen LogP contribution in [0.5, 0.6) is 0 Å². The SMILES string of the molecule is O=C1CCc2cc(S(=O)(=O)N[C@H](CN3CCOCC3)c3ccccc3)ccc2N1. The number of fused-ring (bicyclic) bond motifs is 1. The van der Waals surface area contributed by atoms with E-state index in [1.54, 1.807) is 18.2 Å². The van der Waals surface area contributed by atoms with Gasteiger partial charge < -0.3 is 10.1 Å². The molecule has 2 N–H and O–H groups in total. The summed E-state index contributed by atoms with van der Waals surface area (Å²) in [7, 11) is -3.73. The summed E-state index contributed by atoms with van der Waals surface area (Å²) in [5.41, 5.74) is 2.46. The van der Waals surface area contributed by atoms with E-state index in [9.17, 15) is 13.2 Å². The molecule has 0 aliphatic carbocycles. The van der Waals surface area contributed by atoms with Crippen molar-refractivity contribution in [3.05, 3.63) is 59.7 Å². The van der Waals surface area contributed by atoms with Gasteiger partial charge in [0.15, 0.2) is 0 Å². The van der Waals surface area contributed by atoms with Gasteiger partial charge in [0.25, 0.3) is 0 Å². The van der Waals surface area contributed by atoms with Crippen molar-refractivity contribution in [2.75, 3.05) is 38.2 Å². The van der Waals surface area contributed by atoms with Gasteiger partial charge >= 0.3 is 0 Å². The second-order valence-electron chi connectivity index (χ2n) is 7.36. The molecule has 0 radical (unpaired) electrons. The molecule has 0 unspecified atom stereocenters. The highest BCUT2D eigenvalue weighted by atomic mass is 32.2. The van der Waals surface area contributed by atoms with Crippen molar-refractivity contribution < 1.29 is 17.9 Å². The maximum Gasteiger partial charge on any atom is 0.241 e. The van der Waals surface area contributed by atoms with Crippen molar-refractivity contribution in [2.24, 2.45) is 0 Å². The summed E-state index contributed by atoms with van der Waals surface area (Å²) in [6.07, 6.45) is 0.911.